The molecule has 9 rings (SSSR count). The van der Waals surface area contributed by atoms with Crippen LogP contribution in [0, 0.1) is 16.0 Å². The van der Waals surface area contributed by atoms with Crippen molar-refractivity contribution in [2.45, 2.75) is 61.9 Å². The molecule has 0 spiro atoms. The lowest BCUT2D eigenvalue weighted by Gasteiger charge is -2.26. The Morgan fingerprint density at radius 2 is 1.80 bits per heavy atom. The van der Waals surface area contributed by atoms with Gasteiger partial charge in [-0.25, -0.2) is 18.1 Å². The summed E-state index contributed by atoms with van der Waals surface area (Å²) in [4.78, 5) is 34.7. The number of pyridine rings is 1. The molecular formula is C44H44N6O8S. The zero-order valence-corrected chi connectivity index (χ0v) is 33.1. The van der Waals surface area contributed by atoms with E-state index in [1.54, 1.807) is 24.4 Å². The maximum Gasteiger partial charge on any atom is 0.293 e. The van der Waals surface area contributed by atoms with Gasteiger partial charge in [0.25, 0.3) is 21.6 Å². The van der Waals surface area contributed by atoms with Gasteiger partial charge in [0.05, 0.1) is 28.1 Å². The Balaban J connectivity index is 0.964. The number of benzene rings is 3. The molecule has 0 bridgehead atoms. The van der Waals surface area contributed by atoms with Crippen molar-refractivity contribution in [3.8, 4) is 22.8 Å². The number of nitro groups is 1. The van der Waals surface area contributed by atoms with Crippen molar-refractivity contribution in [2.75, 3.05) is 31.6 Å². The van der Waals surface area contributed by atoms with E-state index in [9.17, 15) is 23.3 Å². The minimum atomic E-state index is -4.57. The first-order valence-corrected chi connectivity index (χ1v) is 21.5. The predicted octanol–water partition coefficient (Wildman–Crippen LogP) is 8.70. The topological polar surface area (TPSA) is 182 Å². The number of sulfonamides is 1. The van der Waals surface area contributed by atoms with E-state index in [-0.39, 0.29) is 22.9 Å². The molecule has 1 aliphatic carbocycles. The van der Waals surface area contributed by atoms with Crippen LogP contribution in [0.4, 0.5) is 11.4 Å². The van der Waals surface area contributed by atoms with Crippen molar-refractivity contribution in [1.82, 2.24) is 19.6 Å². The van der Waals surface area contributed by atoms with Gasteiger partial charge in [0.1, 0.15) is 34.4 Å². The summed E-state index contributed by atoms with van der Waals surface area (Å²) < 4.78 is 47.4. The summed E-state index contributed by atoms with van der Waals surface area (Å²) in [6, 6.07) is 24.8. The van der Waals surface area contributed by atoms with Gasteiger partial charge in [-0.3, -0.25) is 19.8 Å². The Morgan fingerprint density at radius 1 is 0.966 bits per heavy atom. The summed E-state index contributed by atoms with van der Waals surface area (Å²) in [5, 5.41) is 15.9. The highest BCUT2D eigenvalue weighted by Gasteiger charge is 2.33. The monoisotopic (exact) mass is 816 g/mol. The van der Waals surface area contributed by atoms with E-state index in [2.05, 4.69) is 49.2 Å². The molecule has 3 N–H and O–H groups in total. The lowest BCUT2D eigenvalue weighted by Crippen LogP contribution is -2.31. The van der Waals surface area contributed by atoms with Crippen molar-refractivity contribution < 1.29 is 32.0 Å². The molecule has 59 heavy (non-hydrogen) atoms. The van der Waals surface area contributed by atoms with E-state index in [0.29, 0.717) is 61.0 Å². The Morgan fingerprint density at radius 3 is 2.61 bits per heavy atom. The number of hydrogen-bond donors (Lipinski definition) is 3. The molecule has 3 aromatic heterocycles. The van der Waals surface area contributed by atoms with Crippen LogP contribution in [-0.2, 0) is 21.3 Å². The molecule has 304 valence electrons. The molecule has 1 amide bonds. The van der Waals surface area contributed by atoms with Gasteiger partial charge < -0.3 is 24.2 Å². The fourth-order valence-electron chi connectivity index (χ4n) is 8.24. The van der Waals surface area contributed by atoms with Gasteiger partial charge in [0.15, 0.2) is 0 Å². The molecule has 3 fully saturated rings. The van der Waals surface area contributed by atoms with Crippen molar-refractivity contribution in [1.29, 1.82) is 0 Å². The summed E-state index contributed by atoms with van der Waals surface area (Å²) >= 11 is 0. The molecule has 0 radical (unpaired) electrons. The van der Waals surface area contributed by atoms with Crippen LogP contribution in [-0.4, -0.2) is 60.4 Å². The lowest BCUT2D eigenvalue weighted by molar-refractivity contribution is -0.384. The number of likely N-dealkylation sites (tertiary alicyclic amines) is 1. The van der Waals surface area contributed by atoms with E-state index >= 15 is 0 Å². The summed E-state index contributed by atoms with van der Waals surface area (Å²) in [6.45, 7) is 3.33. The number of carbonyl (C=O) groups is 1. The SMILES string of the molecule is O=C(NS(=O)(=O)c1ccc(NCC2CCOCC2)c([N+](=O)[O-])c1)c1ccc(-c2ccc(CN3CCCC3c3ccccc3C3CC3)o2)cc1Oc1cnc2[nH]ccc2c1. The van der Waals surface area contributed by atoms with Gasteiger partial charge in [-0.15, -0.1) is 0 Å². The number of amides is 1. The highest BCUT2D eigenvalue weighted by molar-refractivity contribution is 7.90. The number of aromatic nitrogens is 2. The first-order valence-electron chi connectivity index (χ1n) is 20.0. The highest BCUT2D eigenvalue weighted by Crippen LogP contribution is 2.46. The second kappa shape index (κ2) is 16.3. The average Bonchev–Trinajstić information content (AvgIpc) is 3.55. The van der Waals surface area contributed by atoms with Crippen LogP contribution in [0.3, 0.4) is 0 Å². The zero-order chi connectivity index (χ0) is 40.5. The Labute approximate surface area is 341 Å². The Bertz CT molecular complexity index is 2630. The fourth-order valence-corrected chi connectivity index (χ4v) is 9.22. The number of H-pyrrole nitrogens is 1. The highest BCUT2D eigenvalue weighted by atomic mass is 32.2. The minimum Gasteiger partial charge on any atom is -0.460 e. The van der Waals surface area contributed by atoms with Gasteiger partial charge in [0.2, 0.25) is 0 Å². The number of anilines is 1. The molecule has 3 aliphatic rings. The quantitative estimate of drug-likeness (QED) is 0.0707. The fraction of sp³-hybridized carbons (Fsp3) is 0.318. The molecule has 1 atom stereocenters. The van der Waals surface area contributed by atoms with E-state index in [1.165, 1.54) is 48.4 Å². The first-order chi connectivity index (χ1) is 28.7. The molecule has 5 heterocycles. The third-order valence-corrected chi connectivity index (χ3v) is 12.8. The lowest BCUT2D eigenvalue weighted by atomic mass is 9.95. The van der Waals surface area contributed by atoms with Crippen LogP contribution in [0.5, 0.6) is 11.5 Å². The number of nitro benzene ring substituents is 1. The molecule has 3 aromatic carbocycles. The van der Waals surface area contributed by atoms with E-state index < -0.39 is 31.4 Å². The van der Waals surface area contributed by atoms with Crippen LogP contribution < -0.4 is 14.8 Å². The molecule has 2 aliphatic heterocycles. The van der Waals surface area contributed by atoms with Crippen LogP contribution in [0.1, 0.15) is 77.7 Å². The van der Waals surface area contributed by atoms with Crippen LogP contribution in [0.2, 0.25) is 0 Å². The number of nitrogens with one attached hydrogen (secondary N) is 3. The third-order valence-electron chi connectivity index (χ3n) is 11.5. The zero-order valence-electron chi connectivity index (χ0n) is 32.3. The van der Waals surface area contributed by atoms with Gasteiger partial charge in [-0.1, -0.05) is 30.3 Å². The number of carbonyl (C=O) groups excluding carboxylic acids is 1. The summed E-state index contributed by atoms with van der Waals surface area (Å²) in [7, 11) is -4.57. The number of rotatable bonds is 14. The molecule has 6 aromatic rings. The second-order valence-electron chi connectivity index (χ2n) is 15.5. The number of hydrogen-bond acceptors (Lipinski definition) is 11. The third kappa shape index (κ3) is 8.44. The summed E-state index contributed by atoms with van der Waals surface area (Å²) in [5.74, 6) is 1.67. The van der Waals surface area contributed by atoms with E-state index in [4.69, 9.17) is 13.9 Å². The summed E-state index contributed by atoms with van der Waals surface area (Å²) in [5.41, 5.74) is 3.81. The van der Waals surface area contributed by atoms with Crippen LogP contribution in [0.15, 0.2) is 107 Å². The van der Waals surface area contributed by atoms with Gasteiger partial charge in [-0.2, -0.15) is 0 Å². The number of furan rings is 1. The van der Waals surface area contributed by atoms with E-state index in [0.717, 1.165) is 49.4 Å². The van der Waals surface area contributed by atoms with Crippen molar-refractivity contribution in [3.05, 3.63) is 130 Å². The number of ether oxygens (including phenoxy) is 2. The molecule has 15 heteroatoms. The van der Waals surface area contributed by atoms with E-state index in [1.807, 2.05) is 18.2 Å². The predicted molar refractivity (Wildman–Crippen MR) is 221 cm³/mol. The smallest absolute Gasteiger partial charge is 0.293 e. The molecule has 1 saturated carbocycles. The largest absolute Gasteiger partial charge is 0.460 e. The first kappa shape index (κ1) is 38.5. The molecule has 14 nitrogen and oxygen atoms in total. The maximum absolute atomic E-state index is 13.9. The number of aromatic amines is 1. The summed E-state index contributed by atoms with van der Waals surface area (Å²) in [6.07, 6.45) is 9.59. The van der Waals surface area contributed by atoms with Crippen molar-refractivity contribution in [3.63, 3.8) is 0 Å². The minimum absolute atomic E-state index is 0.0553. The standard InChI is InChI=1S/C44H44N6O8S/c51-44(48-59(54,55)34-11-13-38(40(24-34)50(52)53)46-25-28-16-20-56-21-17-28)37-12-9-30(23-42(37)58-33-22-31-15-18-45-43(31)47-26-33)41-14-10-32(57-41)27-49-19-3-6-39(49)36-5-2-1-4-35(36)29-7-8-29/h1-2,4-5,9-15,18,22-24,26,28-29,39,46H,3,6-8,16-17,19-21,25,27H2,(H,45,47)(H,48,51). The Hall–Kier alpha value is -6.03. The number of nitrogens with zero attached hydrogens (tertiary/aromatic N) is 3. The number of fused-ring (bicyclic) bond motifs is 1. The average molecular weight is 817 g/mol. The molecular weight excluding hydrogens is 773 g/mol. The second-order valence-corrected chi connectivity index (χ2v) is 17.2. The van der Waals surface area contributed by atoms with Crippen molar-refractivity contribution in [2.24, 2.45) is 5.92 Å². The van der Waals surface area contributed by atoms with Crippen molar-refractivity contribution >= 4 is 38.3 Å². The van der Waals surface area contributed by atoms with Gasteiger partial charge in [0, 0.05) is 49.0 Å². The molecule has 1 unspecified atom stereocenters. The maximum atomic E-state index is 13.9. The van der Waals surface area contributed by atoms with Gasteiger partial charge in [-0.05, 0) is 117 Å². The van der Waals surface area contributed by atoms with Crippen LogP contribution in [0.25, 0.3) is 22.4 Å². The van der Waals surface area contributed by atoms with Gasteiger partial charge >= 0.3 is 0 Å². The van der Waals surface area contributed by atoms with Crippen LogP contribution >= 0.6 is 0 Å². The molecule has 2 saturated heterocycles. The Kier molecular flexibility index (Phi) is 10.6. The normalized spacial score (nSPS) is 17.6.